The zero-order valence-corrected chi connectivity index (χ0v) is 10.4. The minimum atomic E-state index is -0.193. The predicted octanol–water partition coefficient (Wildman–Crippen LogP) is 1.52. The van der Waals surface area contributed by atoms with Gasteiger partial charge in [0.25, 0.3) is 5.91 Å². The molecular weight excluding hydrogens is 230 g/mol. The van der Waals surface area contributed by atoms with Gasteiger partial charge in [0.2, 0.25) is 5.91 Å². The maximum atomic E-state index is 12.4. The topological polar surface area (TPSA) is 61.8 Å². The Bertz CT molecular complexity index is 523. The van der Waals surface area contributed by atoms with Gasteiger partial charge >= 0.3 is 0 Å². The summed E-state index contributed by atoms with van der Waals surface area (Å²) in [5, 5.41) is 2.67. The van der Waals surface area contributed by atoms with Crippen molar-refractivity contribution in [2.75, 3.05) is 18.4 Å². The molecule has 18 heavy (non-hydrogen) atoms. The number of anilines is 1. The summed E-state index contributed by atoms with van der Waals surface area (Å²) in [5.74, 6) is 0.401. The van der Waals surface area contributed by atoms with E-state index in [1.807, 2.05) is 6.92 Å². The Balaban J connectivity index is 2.30. The van der Waals surface area contributed by atoms with Gasteiger partial charge in [0, 0.05) is 13.5 Å². The van der Waals surface area contributed by atoms with Crippen LogP contribution in [0.4, 0.5) is 5.69 Å². The average molecular weight is 245 g/mol. The Morgan fingerprint density at radius 1 is 1.33 bits per heavy atom. The molecule has 5 heteroatoms. The lowest BCUT2D eigenvalue weighted by molar-refractivity contribution is -0.114. The Morgan fingerprint density at radius 3 is 2.67 bits per heavy atom. The molecule has 0 unspecified atom stereocenters. The Hall–Kier alpha value is -2.17. The van der Waals surface area contributed by atoms with Crippen LogP contribution in [0.3, 0.4) is 0 Å². The van der Waals surface area contributed by atoms with Crippen LogP contribution in [0.15, 0.2) is 29.3 Å². The first kappa shape index (κ1) is 12.3. The van der Waals surface area contributed by atoms with Crippen LogP contribution in [0.1, 0.15) is 24.2 Å². The predicted molar refractivity (Wildman–Crippen MR) is 69.8 cm³/mol. The van der Waals surface area contributed by atoms with Gasteiger partial charge in [-0.25, -0.2) is 0 Å². The standard InChI is InChI=1S/C13H15N3O2/c1-9-14-7-8-16(9)13(18)11-5-3-4-6-12(11)15-10(2)17/h3-6H,7-8H2,1-2H3,(H,15,17). The van der Waals surface area contributed by atoms with E-state index in [0.29, 0.717) is 24.3 Å². The number of carbonyl (C=O) groups is 2. The number of rotatable bonds is 2. The van der Waals surface area contributed by atoms with Crippen molar-refractivity contribution in [2.45, 2.75) is 13.8 Å². The van der Waals surface area contributed by atoms with Crippen molar-refractivity contribution in [3.63, 3.8) is 0 Å². The SMILES string of the molecule is CC(=O)Nc1ccccc1C(=O)N1CCN=C1C. The van der Waals surface area contributed by atoms with Crippen molar-refractivity contribution in [2.24, 2.45) is 4.99 Å². The van der Waals surface area contributed by atoms with E-state index >= 15 is 0 Å². The molecule has 1 aliphatic heterocycles. The van der Waals surface area contributed by atoms with Crippen LogP contribution in [-0.4, -0.2) is 35.6 Å². The fraction of sp³-hybridized carbons (Fsp3) is 0.308. The molecule has 2 amide bonds. The van der Waals surface area contributed by atoms with Crippen LogP contribution in [0.2, 0.25) is 0 Å². The number of nitrogens with one attached hydrogen (secondary N) is 1. The normalized spacial score (nSPS) is 14.3. The third-order valence-corrected chi connectivity index (χ3v) is 2.77. The highest BCUT2D eigenvalue weighted by Gasteiger charge is 2.23. The summed E-state index contributed by atoms with van der Waals surface area (Å²) < 4.78 is 0. The molecule has 0 atom stereocenters. The first-order valence-corrected chi connectivity index (χ1v) is 5.79. The lowest BCUT2D eigenvalue weighted by Crippen LogP contribution is -2.33. The van der Waals surface area contributed by atoms with E-state index in [1.54, 1.807) is 29.2 Å². The molecule has 0 radical (unpaired) electrons. The number of benzene rings is 1. The lowest BCUT2D eigenvalue weighted by atomic mass is 10.1. The molecule has 0 saturated carbocycles. The maximum absolute atomic E-state index is 12.4. The fourth-order valence-electron chi connectivity index (χ4n) is 1.92. The van der Waals surface area contributed by atoms with Crippen LogP contribution >= 0.6 is 0 Å². The van der Waals surface area contributed by atoms with E-state index in [9.17, 15) is 9.59 Å². The van der Waals surface area contributed by atoms with Gasteiger partial charge in [0.15, 0.2) is 0 Å². The second kappa shape index (κ2) is 5.00. The van der Waals surface area contributed by atoms with Crippen LogP contribution in [0, 0.1) is 0 Å². The number of nitrogens with zero attached hydrogens (tertiary/aromatic N) is 2. The van der Waals surface area contributed by atoms with Gasteiger partial charge in [-0.15, -0.1) is 0 Å². The molecule has 1 aliphatic rings. The molecule has 5 nitrogen and oxygen atoms in total. The van der Waals surface area contributed by atoms with Crippen LogP contribution in [0.5, 0.6) is 0 Å². The van der Waals surface area contributed by atoms with Crippen molar-refractivity contribution in [1.29, 1.82) is 0 Å². The van der Waals surface area contributed by atoms with Gasteiger partial charge in [0.1, 0.15) is 5.84 Å². The Kier molecular flexibility index (Phi) is 3.41. The molecule has 2 rings (SSSR count). The fourth-order valence-corrected chi connectivity index (χ4v) is 1.92. The van der Waals surface area contributed by atoms with Crippen LogP contribution < -0.4 is 5.32 Å². The number of para-hydroxylation sites is 1. The third-order valence-electron chi connectivity index (χ3n) is 2.77. The largest absolute Gasteiger partial charge is 0.326 e. The Labute approximate surface area is 106 Å². The Morgan fingerprint density at radius 2 is 2.06 bits per heavy atom. The minimum absolute atomic E-state index is 0.127. The summed E-state index contributed by atoms with van der Waals surface area (Å²) in [6, 6.07) is 6.99. The van der Waals surface area contributed by atoms with E-state index < -0.39 is 0 Å². The van der Waals surface area contributed by atoms with E-state index in [1.165, 1.54) is 6.92 Å². The summed E-state index contributed by atoms with van der Waals surface area (Å²) in [4.78, 5) is 29.3. The monoisotopic (exact) mass is 245 g/mol. The average Bonchev–Trinajstić information content (AvgIpc) is 2.74. The van der Waals surface area contributed by atoms with Crippen molar-refractivity contribution < 1.29 is 9.59 Å². The smallest absolute Gasteiger partial charge is 0.261 e. The molecule has 0 fully saturated rings. The summed E-state index contributed by atoms with van der Waals surface area (Å²) in [6.07, 6.45) is 0. The number of amidine groups is 1. The third kappa shape index (κ3) is 2.40. The first-order chi connectivity index (χ1) is 8.59. The zero-order valence-electron chi connectivity index (χ0n) is 10.4. The minimum Gasteiger partial charge on any atom is -0.326 e. The highest BCUT2D eigenvalue weighted by atomic mass is 16.2. The molecule has 0 aromatic heterocycles. The lowest BCUT2D eigenvalue weighted by Gasteiger charge is -2.18. The van der Waals surface area contributed by atoms with Crippen molar-refractivity contribution in [3.05, 3.63) is 29.8 Å². The second-order valence-corrected chi connectivity index (χ2v) is 4.11. The van der Waals surface area contributed by atoms with Crippen LogP contribution in [-0.2, 0) is 4.79 Å². The molecule has 0 aliphatic carbocycles. The van der Waals surface area contributed by atoms with Crippen LogP contribution in [0.25, 0.3) is 0 Å². The van der Waals surface area contributed by atoms with Gasteiger partial charge in [-0.2, -0.15) is 0 Å². The first-order valence-electron chi connectivity index (χ1n) is 5.79. The highest BCUT2D eigenvalue weighted by molar-refractivity contribution is 6.10. The summed E-state index contributed by atoms with van der Waals surface area (Å²) in [5.41, 5.74) is 1.03. The molecule has 1 aromatic rings. The molecule has 94 valence electrons. The van der Waals surface area contributed by atoms with Crippen molar-refractivity contribution in [3.8, 4) is 0 Å². The van der Waals surface area contributed by atoms with Gasteiger partial charge < -0.3 is 5.32 Å². The quantitative estimate of drug-likeness (QED) is 0.858. The van der Waals surface area contributed by atoms with Gasteiger partial charge in [-0.3, -0.25) is 19.5 Å². The summed E-state index contributed by atoms with van der Waals surface area (Å²) in [7, 11) is 0. The molecule has 0 spiro atoms. The number of amides is 2. The molecule has 1 N–H and O–H groups in total. The van der Waals surface area contributed by atoms with E-state index in [4.69, 9.17) is 0 Å². The number of hydrogen-bond acceptors (Lipinski definition) is 3. The highest BCUT2D eigenvalue weighted by Crippen LogP contribution is 2.18. The summed E-state index contributed by atoms with van der Waals surface area (Å²) >= 11 is 0. The van der Waals surface area contributed by atoms with Gasteiger partial charge in [-0.1, -0.05) is 12.1 Å². The molecule has 0 saturated heterocycles. The number of aliphatic imine (C=N–C) groups is 1. The van der Waals surface area contributed by atoms with Gasteiger partial charge in [0.05, 0.1) is 17.8 Å². The zero-order chi connectivity index (χ0) is 13.1. The number of hydrogen-bond donors (Lipinski definition) is 1. The van der Waals surface area contributed by atoms with E-state index in [0.717, 1.165) is 5.84 Å². The van der Waals surface area contributed by atoms with Crippen molar-refractivity contribution >= 4 is 23.3 Å². The molecule has 1 aromatic carbocycles. The second-order valence-electron chi connectivity index (χ2n) is 4.11. The van der Waals surface area contributed by atoms with E-state index in [2.05, 4.69) is 10.3 Å². The summed E-state index contributed by atoms with van der Waals surface area (Å²) in [6.45, 7) is 4.47. The van der Waals surface area contributed by atoms with E-state index in [-0.39, 0.29) is 11.8 Å². The van der Waals surface area contributed by atoms with Gasteiger partial charge in [-0.05, 0) is 19.1 Å². The molecule has 0 bridgehead atoms. The number of carbonyl (C=O) groups excluding carboxylic acids is 2. The van der Waals surface area contributed by atoms with Crippen molar-refractivity contribution in [1.82, 2.24) is 4.90 Å². The maximum Gasteiger partial charge on any atom is 0.261 e. The molecular formula is C13H15N3O2. The molecule has 1 heterocycles.